The molecule has 4 N–H and O–H groups in total. The molecule has 0 heterocycles. The van der Waals surface area contributed by atoms with Crippen molar-refractivity contribution in [1.82, 2.24) is 10.7 Å². The minimum Gasteiger partial charge on any atom is -0.478 e. The topological polar surface area (TPSA) is 108 Å². The van der Waals surface area contributed by atoms with Crippen LogP contribution in [-0.2, 0) is 9.59 Å². The average molecular weight is 454 g/mol. The van der Waals surface area contributed by atoms with Gasteiger partial charge in [-0.25, -0.2) is 4.79 Å². The molecule has 1 aromatic carbocycles. The number of benzene rings is 1. The Morgan fingerprint density at radius 2 is 1.61 bits per heavy atom. The van der Waals surface area contributed by atoms with E-state index in [0.29, 0.717) is 11.6 Å². The van der Waals surface area contributed by atoms with Crippen LogP contribution in [0.2, 0.25) is 0 Å². The fraction of sp³-hybridized carbons (Fsp3) is 0.577. The number of rotatable bonds is 7. The fourth-order valence-corrected chi connectivity index (χ4v) is 6.01. The lowest BCUT2D eigenvalue weighted by molar-refractivity contribution is -0.127. The molecule has 4 rings (SSSR count). The van der Waals surface area contributed by atoms with Crippen LogP contribution in [0.25, 0.3) is 0 Å². The normalized spacial score (nSPS) is 28.7. The van der Waals surface area contributed by atoms with Gasteiger partial charge >= 0.3 is 5.97 Å². The molecule has 0 saturated heterocycles. The number of ketones is 1. The summed E-state index contributed by atoms with van der Waals surface area (Å²) in [5.74, 6) is 1.40. The first-order chi connectivity index (χ1) is 15.6. The summed E-state index contributed by atoms with van der Waals surface area (Å²) < 4.78 is 0. The van der Waals surface area contributed by atoms with Crippen molar-refractivity contribution < 1.29 is 19.5 Å². The van der Waals surface area contributed by atoms with Crippen molar-refractivity contribution in [2.75, 3.05) is 5.43 Å². The molecule has 3 fully saturated rings. The van der Waals surface area contributed by atoms with Crippen molar-refractivity contribution in [3.8, 4) is 0 Å². The molecular weight excluding hydrogens is 418 g/mol. The van der Waals surface area contributed by atoms with Gasteiger partial charge in [-0.1, -0.05) is 20.8 Å². The van der Waals surface area contributed by atoms with E-state index in [1.807, 2.05) is 0 Å². The summed E-state index contributed by atoms with van der Waals surface area (Å²) in [5.41, 5.74) is 5.96. The van der Waals surface area contributed by atoms with Crippen molar-refractivity contribution in [2.24, 2.45) is 29.1 Å². The molecular formula is C26H35N3O4. The average Bonchev–Trinajstić information content (AvgIpc) is 2.99. The number of Topliss-reactive ketones (excluding diaryl/α,β-unsaturated/α-hetero) is 1. The number of carbonyl (C=O) groups excluding carboxylic acids is 2. The zero-order valence-electron chi connectivity index (χ0n) is 19.7. The number of fused-ring (bicyclic) bond motifs is 2. The van der Waals surface area contributed by atoms with Gasteiger partial charge in [0.2, 0.25) is 0 Å². The van der Waals surface area contributed by atoms with E-state index in [4.69, 9.17) is 5.11 Å². The molecule has 3 bridgehead atoms. The largest absolute Gasteiger partial charge is 0.478 e. The lowest BCUT2D eigenvalue weighted by Gasteiger charge is -2.33. The molecule has 7 nitrogen and oxygen atoms in total. The number of nitrogens with one attached hydrogen (secondary N) is 3. The number of hydrogen-bond donors (Lipinski definition) is 4. The van der Waals surface area contributed by atoms with Gasteiger partial charge in [0.1, 0.15) is 5.57 Å². The smallest absolute Gasteiger partial charge is 0.335 e. The molecule has 178 valence electrons. The monoisotopic (exact) mass is 453 g/mol. The van der Waals surface area contributed by atoms with E-state index in [-0.39, 0.29) is 28.9 Å². The van der Waals surface area contributed by atoms with Crippen LogP contribution in [-0.4, -0.2) is 28.8 Å². The number of aromatic carboxylic acids is 1. The van der Waals surface area contributed by atoms with Crippen molar-refractivity contribution in [1.29, 1.82) is 0 Å². The zero-order valence-corrected chi connectivity index (χ0v) is 19.7. The Hall–Kier alpha value is -2.83. The van der Waals surface area contributed by atoms with E-state index in [0.717, 1.165) is 24.2 Å². The molecule has 0 radical (unpaired) electrons. The lowest BCUT2D eigenvalue weighted by atomic mass is 9.77. The Morgan fingerprint density at radius 3 is 2.27 bits per heavy atom. The van der Waals surface area contributed by atoms with Crippen LogP contribution in [0.5, 0.6) is 0 Å². The number of carboxylic acids is 1. The minimum absolute atomic E-state index is 0.0962. The second-order valence-corrected chi connectivity index (χ2v) is 11.0. The van der Waals surface area contributed by atoms with Crippen LogP contribution in [0.15, 0.2) is 36.0 Å². The molecule has 5 unspecified atom stereocenters. The Kier molecular flexibility index (Phi) is 6.50. The van der Waals surface area contributed by atoms with Crippen molar-refractivity contribution in [3.05, 3.63) is 41.6 Å². The first-order valence-electron chi connectivity index (χ1n) is 12.0. The van der Waals surface area contributed by atoms with Crippen molar-refractivity contribution in [2.45, 2.75) is 65.3 Å². The summed E-state index contributed by atoms with van der Waals surface area (Å²) in [7, 11) is 0. The molecule has 3 aliphatic rings. The third-order valence-electron chi connectivity index (χ3n) is 7.65. The molecule has 0 spiro atoms. The highest BCUT2D eigenvalue weighted by Gasteiger charge is 2.46. The predicted molar refractivity (Wildman–Crippen MR) is 126 cm³/mol. The second-order valence-electron chi connectivity index (χ2n) is 11.0. The van der Waals surface area contributed by atoms with Gasteiger partial charge in [0.25, 0.3) is 5.91 Å². The first kappa shape index (κ1) is 23.3. The Labute approximate surface area is 195 Å². The third kappa shape index (κ3) is 5.23. The molecule has 7 heteroatoms. The van der Waals surface area contributed by atoms with Crippen LogP contribution in [0.4, 0.5) is 5.69 Å². The van der Waals surface area contributed by atoms with Gasteiger partial charge in [-0.15, -0.1) is 0 Å². The Bertz CT molecular complexity index is 947. The number of hydrazine groups is 1. The predicted octanol–water partition coefficient (Wildman–Crippen LogP) is 4.13. The van der Waals surface area contributed by atoms with Gasteiger partial charge in [-0.05, 0) is 86.5 Å². The summed E-state index contributed by atoms with van der Waals surface area (Å²) in [6, 6.07) is 6.33. The molecule has 3 aliphatic carbocycles. The maximum absolute atomic E-state index is 13.3. The summed E-state index contributed by atoms with van der Waals surface area (Å²) >= 11 is 0. The molecule has 0 aromatic heterocycles. The van der Waals surface area contributed by atoms with Gasteiger partial charge in [0, 0.05) is 17.7 Å². The number of amides is 1. The lowest BCUT2D eigenvalue weighted by Crippen LogP contribution is -2.44. The maximum atomic E-state index is 13.3. The van der Waals surface area contributed by atoms with E-state index in [9.17, 15) is 14.4 Å². The number of hydrogen-bond acceptors (Lipinski definition) is 5. The first-order valence-corrected chi connectivity index (χ1v) is 12.0. The quantitative estimate of drug-likeness (QED) is 0.214. The zero-order chi connectivity index (χ0) is 23.8. The van der Waals surface area contributed by atoms with Crippen LogP contribution in [0.1, 0.15) is 69.7 Å². The van der Waals surface area contributed by atoms with E-state index >= 15 is 0 Å². The molecule has 5 atom stereocenters. The summed E-state index contributed by atoms with van der Waals surface area (Å²) in [5, 5.41) is 12.2. The SMILES string of the molecule is CC(C)(C)C(=O)/C(=C/NNc1ccc(C(=O)O)cc1)C(=O)NC1CCC2CC3CC2CC1C3. The van der Waals surface area contributed by atoms with Gasteiger partial charge in [0.15, 0.2) is 5.78 Å². The highest BCUT2D eigenvalue weighted by Crippen LogP contribution is 2.53. The highest BCUT2D eigenvalue weighted by molar-refractivity contribution is 6.20. The number of carbonyl (C=O) groups is 3. The van der Waals surface area contributed by atoms with Gasteiger partial charge in [-0.3, -0.25) is 9.59 Å². The molecule has 1 aromatic rings. The fourth-order valence-electron chi connectivity index (χ4n) is 6.01. The highest BCUT2D eigenvalue weighted by atomic mass is 16.4. The second kappa shape index (κ2) is 9.20. The molecule has 3 saturated carbocycles. The number of anilines is 1. The van der Waals surface area contributed by atoms with Gasteiger partial charge < -0.3 is 21.3 Å². The Balaban J connectivity index is 1.45. The van der Waals surface area contributed by atoms with Crippen LogP contribution < -0.4 is 16.2 Å². The maximum Gasteiger partial charge on any atom is 0.335 e. The van der Waals surface area contributed by atoms with Crippen LogP contribution in [0, 0.1) is 29.1 Å². The van der Waals surface area contributed by atoms with E-state index in [1.54, 1.807) is 32.9 Å². The third-order valence-corrected chi connectivity index (χ3v) is 7.65. The summed E-state index contributed by atoms with van der Waals surface area (Å²) in [4.78, 5) is 37.4. The molecule has 0 aliphatic heterocycles. The van der Waals surface area contributed by atoms with Crippen LogP contribution in [0.3, 0.4) is 0 Å². The molecule has 33 heavy (non-hydrogen) atoms. The summed E-state index contributed by atoms with van der Waals surface area (Å²) in [6.45, 7) is 5.41. The summed E-state index contributed by atoms with van der Waals surface area (Å²) in [6.07, 6.45) is 8.69. The van der Waals surface area contributed by atoms with Gasteiger partial charge in [0.05, 0.1) is 11.3 Å². The van der Waals surface area contributed by atoms with Crippen LogP contribution >= 0.6 is 0 Å². The van der Waals surface area contributed by atoms with Gasteiger partial charge in [-0.2, -0.15) is 0 Å². The van der Waals surface area contributed by atoms with E-state index in [2.05, 4.69) is 16.2 Å². The van der Waals surface area contributed by atoms with E-state index < -0.39 is 11.4 Å². The number of carboxylic acid groups (broad SMARTS) is 1. The van der Waals surface area contributed by atoms with Crippen molar-refractivity contribution >= 4 is 23.3 Å². The minimum atomic E-state index is -0.996. The standard InChI is InChI=1S/C26H35N3O4/c1-26(2,3)23(30)21(14-27-29-20-7-4-16(5-8-20)25(32)33)24(31)28-22-9-6-17-10-15-11-18(17)13-19(22)12-15/h4-5,7-8,14-15,17-19,22,27,29H,6,9-13H2,1-3H3,(H,28,31)(H,32,33)/b21-14-. The van der Waals surface area contributed by atoms with Crippen molar-refractivity contribution in [3.63, 3.8) is 0 Å². The molecule has 1 amide bonds. The van der Waals surface area contributed by atoms with E-state index in [1.165, 1.54) is 50.4 Å². The Morgan fingerprint density at radius 1 is 0.939 bits per heavy atom.